The van der Waals surface area contributed by atoms with Gasteiger partial charge in [-0.2, -0.15) is 0 Å². The molecule has 1 aromatic carbocycles. The summed E-state index contributed by atoms with van der Waals surface area (Å²) < 4.78 is 5.35. The highest BCUT2D eigenvalue weighted by Crippen LogP contribution is 2.19. The van der Waals surface area contributed by atoms with E-state index in [1.165, 1.54) is 32.1 Å². The number of benzene rings is 1. The molecule has 0 aromatic heterocycles. The van der Waals surface area contributed by atoms with Crippen LogP contribution >= 0.6 is 0 Å². The maximum absolute atomic E-state index is 10.8. The van der Waals surface area contributed by atoms with Gasteiger partial charge in [0.1, 0.15) is 18.6 Å². The average molecular weight is 248 g/mol. The van der Waals surface area contributed by atoms with E-state index < -0.39 is 0 Å². The van der Waals surface area contributed by atoms with E-state index in [1.54, 1.807) is 13.2 Å². The molecular formula is C15H22NO2+. The van der Waals surface area contributed by atoms with E-state index in [9.17, 15) is 4.79 Å². The molecule has 1 fully saturated rings. The molecule has 18 heavy (non-hydrogen) atoms. The van der Waals surface area contributed by atoms with Crippen LogP contribution in [0.4, 0.5) is 0 Å². The van der Waals surface area contributed by atoms with E-state index in [1.807, 2.05) is 12.1 Å². The highest BCUT2D eigenvalue weighted by Gasteiger charge is 2.16. The molecule has 0 atom stereocenters. The molecule has 0 bridgehead atoms. The first-order valence-corrected chi connectivity index (χ1v) is 6.79. The van der Waals surface area contributed by atoms with Crippen molar-refractivity contribution in [2.45, 2.75) is 44.7 Å². The molecule has 2 N–H and O–H groups in total. The Balaban J connectivity index is 1.99. The highest BCUT2D eigenvalue weighted by atomic mass is 16.5. The summed E-state index contributed by atoms with van der Waals surface area (Å²) >= 11 is 0. The Bertz CT molecular complexity index is 397. The Labute approximate surface area is 109 Å². The van der Waals surface area contributed by atoms with Crippen molar-refractivity contribution in [3.05, 3.63) is 29.3 Å². The van der Waals surface area contributed by atoms with Gasteiger partial charge in [0.15, 0.2) is 0 Å². The first-order chi connectivity index (χ1) is 8.83. The number of rotatable bonds is 5. The number of hydrogen-bond acceptors (Lipinski definition) is 2. The molecule has 0 saturated heterocycles. The van der Waals surface area contributed by atoms with Crippen molar-refractivity contribution in [2.24, 2.45) is 0 Å². The number of aldehydes is 1. The van der Waals surface area contributed by atoms with Gasteiger partial charge in [-0.05, 0) is 43.9 Å². The quantitative estimate of drug-likeness (QED) is 0.809. The second-order valence-corrected chi connectivity index (χ2v) is 5.03. The van der Waals surface area contributed by atoms with Crippen molar-refractivity contribution >= 4 is 6.29 Å². The SMILES string of the molecule is COc1ccc(C=O)cc1C[NH2+]C1CCCCC1. The first-order valence-electron chi connectivity index (χ1n) is 6.79. The molecule has 0 unspecified atom stereocenters. The van der Waals surface area contributed by atoms with Gasteiger partial charge in [-0.1, -0.05) is 6.42 Å². The van der Waals surface area contributed by atoms with Gasteiger partial charge in [0.05, 0.1) is 13.2 Å². The van der Waals surface area contributed by atoms with Crippen LogP contribution in [0.5, 0.6) is 5.75 Å². The number of ether oxygens (including phenoxy) is 1. The van der Waals surface area contributed by atoms with Crippen molar-refractivity contribution in [1.29, 1.82) is 0 Å². The molecule has 0 aliphatic heterocycles. The Morgan fingerprint density at radius 1 is 1.33 bits per heavy atom. The van der Waals surface area contributed by atoms with E-state index in [2.05, 4.69) is 5.32 Å². The van der Waals surface area contributed by atoms with Gasteiger partial charge in [-0.25, -0.2) is 0 Å². The predicted molar refractivity (Wildman–Crippen MR) is 70.9 cm³/mol. The zero-order valence-corrected chi connectivity index (χ0v) is 11.0. The third-order valence-corrected chi connectivity index (χ3v) is 3.76. The maximum atomic E-state index is 10.8. The maximum Gasteiger partial charge on any atom is 0.150 e. The summed E-state index contributed by atoms with van der Waals surface area (Å²) in [5.74, 6) is 0.882. The van der Waals surface area contributed by atoms with Gasteiger partial charge < -0.3 is 10.1 Å². The van der Waals surface area contributed by atoms with Gasteiger partial charge in [-0.15, -0.1) is 0 Å². The largest absolute Gasteiger partial charge is 0.496 e. The Morgan fingerprint density at radius 2 is 2.11 bits per heavy atom. The molecule has 0 heterocycles. The molecule has 1 aromatic rings. The summed E-state index contributed by atoms with van der Waals surface area (Å²) in [7, 11) is 1.68. The smallest absolute Gasteiger partial charge is 0.150 e. The summed E-state index contributed by atoms with van der Waals surface area (Å²) in [5.41, 5.74) is 1.84. The molecule has 0 radical (unpaired) electrons. The zero-order valence-electron chi connectivity index (χ0n) is 11.0. The van der Waals surface area contributed by atoms with E-state index in [4.69, 9.17) is 4.74 Å². The third-order valence-electron chi connectivity index (χ3n) is 3.76. The van der Waals surface area contributed by atoms with Crippen LogP contribution in [0.3, 0.4) is 0 Å². The van der Waals surface area contributed by atoms with Crippen molar-refractivity contribution in [3.8, 4) is 5.75 Å². The summed E-state index contributed by atoms with van der Waals surface area (Å²) in [4.78, 5) is 10.8. The topological polar surface area (TPSA) is 42.9 Å². The summed E-state index contributed by atoms with van der Waals surface area (Å²) in [6.45, 7) is 0.898. The Kier molecular flexibility index (Phi) is 4.76. The number of nitrogens with two attached hydrogens (primary N) is 1. The van der Waals surface area contributed by atoms with Crippen LogP contribution in [0.25, 0.3) is 0 Å². The molecule has 0 amide bonds. The number of methoxy groups -OCH3 is 1. The first kappa shape index (κ1) is 13.1. The molecule has 3 heteroatoms. The van der Waals surface area contributed by atoms with Gasteiger partial charge in [0, 0.05) is 11.1 Å². The molecule has 1 saturated carbocycles. The van der Waals surface area contributed by atoms with E-state index >= 15 is 0 Å². The zero-order chi connectivity index (χ0) is 12.8. The lowest BCUT2D eigenvalue weighted by Crippen LogP contribution is -2.88. The van der Waals surface area contributed by atoms with Crippen LogP contribution in [-0.4, -0.2) is 19.4 Å². The van der Waals surface area contributed by atoms with E-state index in [-0.39, 0.29) is 0 Å². The lowest BCUT2D eigenvalue weighted by Gasteiger charge is -2.20. The number of carbonyl (C=O) groups excluding carboxylic acids is 1. The summed E-state index contributed by atoms with van der Waals surface area (Å²) in [6, 6.07) is 6.36. The second-order valence-electron chi connectivity index (χ2n) is 5.03. The van der Waals surface area contributed by atoms with Crippen LogP contribution in [0.2, 0.25) is 0 Å². The number of quaternary nitrogens is 1. The number of carbonyl (C=O) groups is 1. The van der Waals surface area contributed by atoms with Gasteiger partial charge in [0.25, 0.3) is 0 Å². The molecule has 0 spiro atoms. The molecule has 1 aliphatic carbocycles. The van der Waals surface area contributed by atoms with Crippen LogP contribution in [0.1, 0.15) is 48.0 Å². The lowest BCUT2D eigenvalue weighted by atomic mass is 9.95. The fourth-order valence-corrected chi connectivity index (χ4v) is 2.69. The standard InChI is InChI=1S/C15H21NO2/c1-18-15-8-7-12(11-17)9-13(15)10-16-14-5-3-2-4-6-14/h7-9,11,14,16H,2-6,10H2,1H3/p+1. The molecule has 98 valence electrons. The highest BCUT2D eigenvalue weighted by molar-refractivity contribution is 5.75. The fraction of sp³-hybridized carbons (Fsp3) is 0.533. The molecule has 1 aliphatic rings. The minimum Gasteiger partial charge on any atom is -0.496 e. The van der Waals surface area contributed by atoms with E-state index in [0.29, 0.717) is 0 Å². The van der Waals surface area contributed by atoms with Gasteiger partial charge in [0.2, 0.25) is 0 Å². The summed E-state index contributed by atoms with van der Waals surface area (Å²) in [6.07, 6.45) is 7.61. The van der Waals surface area contributed by atoms with E-state index in [0.717, 1.165) is 35.7 Å². The number of hydrogen-bond donors (Lipinski definition) is 1. The van der Waals surface area contributed by atoms with Gasteiger partial charge >= 0.3 is 0 Å². The van der Waals surface area contributed by atoms with Crippen LogP contribution in [-0.2, 0) is 6.54 Å². The average Bonchev–Trinajstić information content (AvgIpc) is 2.45. The normalized spacial score (nSPS) is 16.5. The predicted octanol–water partition coefficient (Wildman–Crippen LogP) is 1.90. The van der Waals surface area contributed by atoms with Crippen molar-refractivity contribution in [2.75, 3.05) is 7.11 Å². The molecule has 3 nitrogen and oxygen atoms in total. The van der Waals surface area contributed by atoms with Crippen molar-refractivity contribution in [3.63, 3.8) is 0 Å². The van der Waals surface area contributed by atoms with Crippen LogP contribution in [0.15, 0.2) is 18.2 Å². The lowest BCUT2D eigenvalue weighted by molar-refractivity contribution is -0.706. The van der Waals surface area contributed by atoms with Crippen molar-refractivity contribution in [1.82, 2.24) is 0 Å². The molecule has 2 rings (SSSR count). The van der Waals surface area contributed by atoms with Crippen LogP contribution in [0, 0.1) is 0 Å². The van der Waals surface area contributed by atoms with Crippen molar-refractivity contribution < 1.29 is 14.8 Å². The molecular weight excluding hydrogens is 226 g/mol. The fourth-order valence-electron chi connectivity index (χ4n) is 2.69. The summed E-state index contributed by atoms with van der Waals surface area (Å²) in [5, 5.41) is 2.39. The second kappa shape index (κ2) is 6.55. The van der Waals surface area contributed by atoms with Crippen LogP contribution < -0.4 is 10.1 Å². The third kappa shape index (κ3) is 3.33. The van der Waals surface area contributed by atoms with Gasteiger partial charge in [-0.3, -0.25) is 4.79 Å². The Hall–Kier alpha value is -1.35. The Morgan fingerprint density at radius 3 is 2.78 bits per heavy atom. The monoisotopic (exact) mass is 248 g/mol. The minimum atomic E-state index is 0.725. The minimum absolute atomic E-state index is 0.725.